The third-order valence-electron chi connectivity index (χ3n) is 1.58. The maximum atomic E-state index is 4.97. The van der Waals surface area contributed by atoms with Crippen LogP contribution in [0.4, 0.5) is 0 Å². The third kappa shape index (κ3) is 23.4. The van der Waals surface area contributed by atoms with E-state index < -0.39 is 0 Å². The second kappa shape index (κ2) is 14.6. The molecule has 0 unspecified atom stereocenters. The molecule has 0 spiro atoms. The maximum Gasteiger partial charge on any atom is 0.394 e. The summed E-state index contributed by atoms with van der Waals surface area (Å²) in [5, 5.41) is 3.95. The summed E-state index contributed by atoms with van der Waals surface area (Å²) in [7, 11) is 0. The summed E-state index contributed by atoms with van der Waals surface area (Å²) in [6, 6.07) is 0. The van der Waals surface area contributed by atoms with Crippen LogP contribution in [0.5, 0.6) is 0 Å². The largest absolute Gasteiger partial charge is 0.511 e. The zero-order valence-corrected chi connectivity index (χ0v) is 14.0. The Hall–Kier alpha value is 1.56. The zero-order valence-electron chi connectivity index (χ0n) is 10.3. The molecule has 0 heterocycles. The predicted octanol–water partition coefficient (Wildman–Crippen LogP) is 2.24. The smallest absolute Gasteiger partial charge is 0.394 e. The lowest BCUT2D eigenvalue weighted by atomic mass is 10.3. The van der Waals surface area contributed by atoms with E-state index >= 15 is 0 Å². The van der Waals surface area contributed by atoms with Crippen LogP contribution in [0.15, 0.2) is 0 Å². The third-order valence-corrected chi connectivity index (χ3v) is 4.73. The Balaban J connectivity index is 0. The predicted molar refractivity (Wildman–Crippen MR) is 68.7 cm³/mol. The van der Waals surface area contributed by atoms with Gasteiger partial charge in [-0.2, -0.15) is 0 Å². The van der Waals surface area contributed by atoms with Gasteiger partial charge in [0.2, 0.25) is 15.2 Å². The van der Waals surface area contributed by atoms with Crippen LogP contribution in [0.2, 0.25) is 15.8 Å². The van der Waals surface area contributed by atoms with Gasteiger partial charge in [-0.3, -0.25) is 0 Å². The lowest BCUT2D eigenvalue weighted by molar-refractivity contribution is 0.374. The zero-order chi connectivity index (χ0) is 11.4. The van der Waals surface area contributed by atoms with Gasteiger partial charge in [0.1, 0.15) is 16.3 Å². The van der Waals surface area contributed by atoms with Crippen LogP contribution in [0.25, 0.3) is 0 Å². The first-order valence-corrected chi connectivity index (χ1v) is 8.45. The van der Waals surface area contributed by atoms with Gasteiger partial charge in [0.15, 0.2) is 0 Å². The van der Waals surface area contributed by atoms with Crippen molar-refractivity contribution in [2.24, 2.45) is 11.8 Å². The van der Waals surface area contributed by atoms with Crippen molar-refractivity contribution < 1.29 is 3.79 Å². The lowest BCUT2D eigenvalue weighted by Gasteiger charge is -2.01. The molecular weight excluding hydrogens is 217 g/mol. The van der Waals surface area contributed by atoms with Gasteiger partial charge < -0.3 is 3.79 Å². The highest BCUT2D eigenvalue weighted by Gasteiger charge is 1.94. The van der Waals surface area contributed by atoms with Crippen LogP contribution in [0.3, 0.4) is 0 Å². The Bertz CT molecular complexity index is 97.4. The molecule has 0 fully saturated rings. The van der Waals surface area contributed by atoms with Gasteiger partial charge in [-0.15, -0.1) is 10.6 Å². The van der Waals surface area contributed by atoms with E-state index in [-0.39, 0.29) is 0 Å². The fourth-order valence-electron chi connectivity index (χ4n) is 0.618. The molecule has 0 saturated heterocycles. The van der Waals surface area contributed by atoms with Crippen molar-refractivity contribution in [3.8, 4) is 0 Å². The minimum absolute atomic E-state index is 0.666. The first kappa shape index (κ1) is 17.9. The number of hydrogen-bond donors (Lipinski definition) is 0. The van der Waals surface area contributed by atoms with E-state index in [9.17, 15) is 0 Å². The summed E-state index contributed by atoms with van der Waals surface area (Å²) < 4.78 is 4.97. The van der Waals surface area contributed by atoms with E-state index in [2.05, 4.69) is 44.0 Å². The van der Waals surface area contributed by atoms with Crippen molar-refractivity contribution in [1.82, 2.24) is 0 Å². The Morgan fingerprint density at radius 2 is 1.71 bits per heavy atom. The molecule has 0 rings (SSSR count). The highest BCUT2D eigenvalue weighted by atomic mass is 27.1. The summed E-state index contributed by atoms with van der Waals surface area (Å²) in [5.41, 5.74) is 0. The molecule has 0 atom stereocenters. The van der Waals surface area contributed by atoms with Crippen LogP contribution in [-0.2, 0) is 3.79 Å². The van der Waals surface area contributed by atoms with Gasteiger partial charge in [0.05, 0.1) is 0 Å². The van der Waals surface area contributed by atoms with Crippen molar-refractivity contribution >= 4 is 48.1 Å². The van der Waals surface area contributed by atoms with E-state index in [0.29, 0.717) is 15.2 Å². The molecule has 4 heteroatoms. The second-order valence-electron chi connectivity index (χ2n) is 4.24. The summed E-state index contributed by atoms with van der Waals surface area (Å²) in [5.74, 6) is 1.74. The molecule has 78 valence electrons. The van der Waals surface area contributed by atoms with Crippen molar-refractivity contribution in [3.05, 3.63) is 0 Å². The van der Waals surface area contributed by atoms with E-state index in [1.807, 2.05) is 0 Å². The molecule has 0 amide bonds. The lowest BCUT2D eigenvalue weighted by Crippen LogP contribution is -1.99. The van der Waals surface area contributed by atoms with Gasteiger partial charge in [0, 0.05) is 6.61 Å². The normalized spacial score (nSPS) is 9.86. The van der Waals surface area contributed by atoms with Gasteiger partial charge >= 0.3 is 16.6 Å². The van der Waals surface area contributed by atoms with Gasteiger partial charge in [-0.1, -0.05) is 44.8 Å². The summed E-state index contributed by atoms with van der Waals surface area (Å²) in [6.45, 7) is 9.93. The van der Waals surface area contributed by atoms with Crippen LogP contribution < -0.4 is 0 Å². The molecule has 0 aromatic rings. The van der Waals surface area contributed by atoms with Crippen molar-refractivity contribution in [3.63, 3.8) is 0 Å². The fraction of sp³-hybridized carbons (Fsp3) is 1.00. The second-order valence-corrected chi connectivity index (χ2v) is 6.75. The topological polar surface area (TPSA) is 9.23 Å². The molecule has 0 N–H and O–H groups in total. The van der Waals surface area contributed by atoms with Crippen molar-refractivity contribution in [2.45, 2.75) is 43.5 Å². The first-order valence-electron chi connectivity index (χ1n) is 5.43. The molecule has 1 nitrogen and oxygen atoms in total. The molecule has 0 aliphatic rings. The Morgan fingerprint density at radius 3 is 2.00 bits per heavy atom. The van der Waals surface area contributed by atoms with E-state index in [1.54, 1.807) is 16.6 Å². The molecule has 0 aromatic carbocycles. The van der Waals surface area contributed by atoms with Crippen LogP contribution in [0.1, 0.15) is 27.7 Å². The molecule has 0 saturated carbocycles. The van der Waals surface area contributed by atoms with E-state index in [4.69, 9.17) is 3.79 Å². The minimum Gasteiger partial charge on any atom is -0.511 e. The van der Waals surface area contributed by atoms with Gasteiger partial charge in [-0.25, -0.2) is 0 Å². The Kier molecular flexibility index (Phi) is 18.7. The molecular formula is C10H23Al3O. The molecule has 0 aromatic heterocycles. The van der Waals surface area contributed by atoms with Crippen LogP contribution in [0, 0.1) is 11.8 Å². The fourth-order valence-corrected chi connectivity index (χ4v) is 2.35. The summed E-state index contributed by atoms with van der Waals surface area (Å²) in [4.78, 5) is 0. The Morgan fingerprint density at radius 1 is 1.21 bits per heavy atom. The number of hydrogen-bond acceptors (Lipinski definition) is 1. The van der Waals surface area contributed by atoms with E-state index in [1.165, 1.54) is 15.8 Å². The monoisotopic (exact) mass is 240 g/mol. The van der Waals surface area contributed by atoms with Crippen LogP contribution in [-0.4, -0.2) is 54.7 Å². The molecule has 0 bridgehead atoms. The summed E-state index contributed by atoms with van der Waals surface area (Å²) >= 11 is 4.96. The average molecular weight is 240 g/mol. The minimum atomic E-state index is 0.666. The molecule has 14 heavy (non-hydrogen) atoms. The maximum absolute atomic E-state index is 4.97. The van der Waals surface area contributed by atoms with Crippen molar-refractivity contribution in [2.75, 3.05) is 6.61 Å². The van der Waals surface area contributed by atoms with E-state index in [0.717, 1.165) is 18.4 Å². The first-order chi connectivity index (χ1) is 6.54. The van der Waals surface area contributed by atoms with Gasteiger partial charge in [0.25, 0.3) is 0 Å². The summed E-state index contributed by atoms with van der Waals surface area (Å²) in [6.07, 6.45) is 0. The quantitative estimate of drug-likeness (QED) is 0.511. The van der Waals surface area contributed by atoms with Crippen molar-refractivity contribution in [1.29, 1.82) is 0 Å². The van der Waals surface area contributed by atoms with Gasteiger partial charge in [-0.05, 0) is 0 Å². The highest BCUT2D eigenvalue weighted by Crippen LogP contribution is 1.99. The standard InChI is InChI=1S/2C4H9.C2H4O.3Al.H/c2*1-4(2)3;1-2-3;;;;/h2*4H,1H2,2-3H3;1-2H2;;;;/q;;-1;;;+1;. The van der Waals surface area contributed by atoms with Crippen LogP contribution >= 0.6 is 0 Å². The molecule has 0 aliphatic carbocycles. The molecule has 0 aliphatic heterocycles. The highest BCUT2D eigenvalue weighted by molar-refractivity contribution is 6.35. The number of rotatable bonds is 6. The SMILES string of the molecule is CC(C)[CH2][Al].CC(C)[CH2][Al][CH2]C[O][AlH]. The average Bonchev–Trinajstić information content (AvgIpc) is 2.13. The molecule has 4 radical (unpaired) electrons. The Labute approximate surface area is 113 Å².